The second-order valence-electron chi connectivity index (χ2n) is 6.69. The van der Waals surface area contributed by atoms with Crippen molar-refractivity contribution in [1.29, 1.82) is 0 Å². The zero-order valence-electron chi connectivity index (χ0n) is 13.7. The van der Waals surface area contributed by atoms with Crippen LogP contribution in [0, 0.1) is 5.92 Å². The van der Waals surface area contributed by atoms with Gasteiger partial charge >= 0.3 is 0 Å². The highest BCUT2D eigenvalue weighted by Crippen LogP contribution is 2.34. The Morgan fingerprint density at radius 3 is 2.83 bits per heavy atom. The lowest BCUT2D eigenvalue weighted by molar-refractivity contribution is -0.127. The molecule has 3 atom stereocenters. The number of carbonyl (C=O) groups is 1. The second-order valence-corrected chi connectivity index (χ2v) is 6.69. The SMILES string of the molecule is O=C(N[C@H]1CCc2ccccc2C1)[C@H]1CCO[C@@H]1c1cccnc1. The van der Waals surface area contributed by atoms with E-state index in [9.17, 15) is 4.79 Å². The predicted octanol–water partition coefficient (Wildman–Crippen LogP) is 2.83. The largest absolute Gasteiger partial charge is 0.373 e. The van der Waals surface area contributed by atoms with Crippen LogP contribution in [0.3, 0.4) is 0 Å². The van der Waals surface area contributed by atoms with Crippen molar-refractivity contribution in [3.05, 3.63) is 65.5 Å². The number of nitrogens with zero attached hydrogens (tertiary/aromatic N) is 1. The third-order valence-electron chi connectivity index (χ3n) is 5.13. The number of nitrogens with one attached hydrogen (secondary N) is 1. The molecule has 4 nitrogen and oxygen atoms in total. The van der Waals surface area contributed by atoms with Gasteiger partial charge in [-0.25, -0.2) is 0 Å². The van der Waals surface area contributed by atoms with E-state index in [1.807, 2.05) is 12.1 Å². The topological polar surface area (TPSA) is 51.2 Å². The normalized spacial score (nSPS) is 25.9. The minimum Gasteiger partial charge on any atom is -0.373 e. The maximum Gasteiger partial charge on any atom is 0.226 e. The van der Waals surface area contributed by atoms with E-state index in [0.717, 1.165) is 31.2 Å². The molecule has 1 saturated heterocycles. The van der Waals surface area contributed by atoms with Crippen molar-refractivity contribution < 1.29 is 9.53 Å². The zero-order valence-corrected chi connectivity index (χ0v) is 13.7. The monoisotopic (exact) mass is 322 g/mol. The molecule has 0 radical (unpaired) electrons. The van der Waals surface area contributed by atoms with E-state index >= 15 is 0 Å². The molecule has 1 N–H and O–H groups in total. The number of hydrogen-bond donors (Lipinski definition) is 1. The van der Waals surface area contributed by atoms with Crippen LogP contribution in [0.2, 0.25) is 0 Å². The van der Waals surface area contributed by atoms with Crippen molar-refractivity contribution in [1.82, 2.24) is 10.3 Å². The molecule has 24 heavy (non-hydrogen) atoms. The summed E-state index contributed by atoms with van der Waals surface area (Å²) in [5.41, 5.74) is 3.77. The summed E-state index contributed by atoms with van der Waals surface area (Å²) in [6.07, 6.45) is 7.11. The number of hydrogen-bond acceptors (Lipinski definition) is 3. The summed E-state index contributed by atoms with van der Waals surface area (Å²) in [5.74, 6) is -0.00268. The third kappa shape index (κ3) is 3.06. The minimum absolute atomic E-state index is 0.116. The molecule has 4 rings (SSSR count). The van der Waals surface area contributed by atoms with E-state index in [-0.39, 0.29) is 24.0 Å². The first-order chi connectivity index (χ1) is 11.8. The molecular formula is C20H22N2O2. The molecule has 1 amide bonds. The van der Waals surface area contributed by atoms with Crippen LogP contribution in [0.15, 0.2) is 48.8 Å². The van der Waals surface area contributed by atoms with Crippen molar-refractivity contribution in [2.75, 3.05) is 6.61 Å². The Morgan fingerprint density at radius 2 is 2.00 bits per heavy atom. The number of aryl methyl sites for hydroxylation is 1. The molecule has 0 saturated carbocycles. The highest BCUT2D eigenvalue weighted by molar-refractivity contribution is 5.80. The highest BCUT2D eigenvalue weighted by atomic mass is 16.5. The van der Waals surface area contributed by atoms with Crippen LogP contribution in [0.4, 0.5) is 0 Å². The van der Waals surface area contributed by atoms with E-state index < -0.39 is 0 Å². The van der Waals surface area contributed by atoms with Gasteiger partial charge in [0, 0.05) is 25.0 Å². The van der Waals surface area contributed by atoms with E-state index in [1.54, 1.807) is 12.4 Å². The van der Waals surface area contributed by atoms with Crippen LogP contribution in [0.5, 0.6) is 0 Å². The number of pyridine rings is 1. The highest BCUT2D eigenvalue weighted by Gasteiger charge is 2.36. The first-order valence-corrected chi connectivity index (χ1v) is 8.70. The Hall–Kier alpha value is -2.20. The number of rotatable bonds is 3. The van der Waals surface area contributed by atoms with Gasteiger partial charge in [0.1, 0.15) is 0 Å². The molecule has 1 aliphatic heterocycles. The number of benzene rings is 1. The molecule has 0 unspecified atom stereocenters. The van der Waals surface area contributed by atoms with Crippen molar-refractivity contribution in [2.45, 2.75) is 37.8 Å². The Bertz CT molecular complexity index is 717. The van der Waals surface area contributed by atoms with Gasteiger partial charge in [-0.15, -0.1) is 0 Å². The summed E-state index contributed by atoms with van der Waals surface area (Å²) < 4.78 is 5.82. The third-order valence-corrected chi connectivity index (χ3v) is 5.13. The average molecular weight is 322 g/mol. The molecule has 2 aromatic rings. The lowest BCUT2D eigenvalue weighted by Gasteiger charge is -2.27. The minimum atomic E-state index is -0.172. The quantitative estimate of drug-likeness (QED) is 0.945. The Labute approximate surface area is 142 Å². The number of fused-ring (bicyclic) bond motifs is 1. The van der Waals surface area contributed by atoms with Gasteiger partial charge in [-0.1, -0.05) is 30.3 Å². The first-order valence-electron chi connectivity index (χ1n) is 8.70. The van der Waals surface area contributed by atoms with E-state index in [0.29, 0.717) is 6.61 Å². The number of carbonyl (C=O) groups excluding carboxylic acids is 1. The molecule has 2 aliphatic rings. The fourth-order valence-electron chi connectivity index (χ4n) is 3.86. The Kier molecular flexibility index (Phi) is 4.30. The fourth-order valence-corrected chi connectivity index (χ4v) is 3.86. The molecule has 1 aliphatic carbocycles. The van der Waals surface area contributed by atoms with Crippen molar-refractivity contribution in [3.63, 3.8) is 0 Å². The standard InChI is InChI=1S/C20H22N2O2/c23-20(18-9-11-24-19(18)16-6-3-10-21-13-16)22-17-8-7-14-4-1-2-5-15(14)12-17/h1-6,10,13,17-19H,7-9,11-12H2,(H,22,23)/t17-,18-,19+/m0/s1. The van der Waals surface area contributed by atoms with Crippen molar-refractivity contribution >= 4 is 5.91 Å². The van der Waals surface area contributed by atoms with E-state index in [4.69, 9.17) is 4.74 Å². The van der Waals surface area contributed by atoms with Crippen LogP contribution in [-0.4, -0.2) is 23.5 Å². The summed E-state index contributed by atoms with van der Waals surface area (Å²) in [4.78, 5) is 16.9. The molecule has 0 spiro atoms. The molecule has 2 heterocycles. The van der Waals surface area contributed by atoms with Crippen LogP contribution in [-0.2, 0) is 22.4 Å². The molecule has 4 heteroatoms. The van der Waals surface area contributed by atoms with E-state index in [1.165, 1.54) is 11.1 Å². The Balaban J connectivity index is 1.43. The fraction of sp³-hybridized carbons (Fsp3) is 0.400. The second kappa shape index (κ2) is 6.73. The molecule has 1 aromatic heterocycles. The number of ether oxygens (including phenoxy) is 1. The van der Waals surface area contributed by atoms with Gasteiger partial charge in [0.2, 0.25) is 5.91 Å². The average Bonchev–Trinajstić information content (AvgIpc) is 3.12. The molecule has 1 aromatic carbocycles. The van der Waals surface area contributed by atoms with Crippen LogP contribution in [0.25, 0.3) is 0 Å². The summed E-state index contributed by atoms with van der Waals surface area (Å²) in [5, 5.41) is 3.26. The van der Waals surface area contributed by atoms with Crippen LogP contribution in [0.1, 0.15) is 35.6 Å². The van der Waals surface area contributed by atoms with Crippen molar-refractivity contribution in [3.8, 4) is 0 Å². The van der Waals surface area contributed by atoms with E-state index in [2.05, 4.69) is 34.6 Å². The van der Waals surface area contributed by atoms with Gasteiger partial charge < -0.3 is 10.1 Å². The molecule has 0 bridgehead atoms. The summed E-state index contributed by atoms with van der Waals surface area (Å²) >= 11 is 0. The zero-order chi connectivity index (χ0) is 16.4. The van der Waals surface area contributed by atoms with Gasteiger partial charge in [-0.3, -0.25) is 9.78 Å². The lowest BCUT2D eigenvalue weighted by atomic mass is 9.87. The van der Waals surface area contributed by atoms with Gasteiger partial charge in [-0.05, 0) is 48.4 Å². The lowest BCUT2D eigenvalue weighted by Crippen LogP contribution is -2.42. The number of aromatic nitrogens is 1. The smallest absolute Gasteiger partial charge is 0.226 e. The summed E-state index contributed by atoms with van der Waals surface area (Å²) in [6.45, 7) is 0.630. The predicted molar refractivity (Wildman–Crippen MR) is 91.4 cm³/mol. The number of amides is 1. The van der Waals surface area contributed by atoms with Gasteiger partial charge in [-0.2, -0.15) is 0 Å². The maximum atomic E-state index is 12.8. The van der Waals surface area contributed by atoms with Crippen LogP contribution < -0.4 is 5.32 Å². The van der Waals surface area contributed by atoms with Gasteiger partial charge in [0.25, 0.3) is 0 Å². The molecular weight excluding hydrogens is 300 g/mol. The summed E-state index contributed by atoms with van der Waals surface area (Å²) in [6, 6.07) is 12.6. The van der Waals surface area contributed by atoms with Crippen LogP contribution >= 0.6 is 0 Å². The molecule has 124 valence electrons. The van der Waals surface area contributed by atoms with Crippen molar-refractivity contribution in [2.24, 2.45) is 5.92 Å². The Morgan fingerprint density at radius 1 is 1.12 bits per heavy atom. The van der Waals surface area contributed by atoms with Gasteiger partial charge in [0.05, 0.1) is 12.0 Å². The van der Waals surface area contributed by atoms with Gasteiger partial charge in [0.15, 0.2) is 0 Å². The summed E-state index contributed by atoms with van der Waals surface area (Å²) in [7, 11) is 0. The maximum absolute atomic E-state index is 12.8. The first kappa shape index (κ1) is 15.3. The molecule has 1 fully saturated rings.